The lowest BCUT2D eigenvalue weighted by Gasteiger charge is -2.06. The molecule has 3 heterocycles. The van der Waals surface area contributed by atoms with Gasteiger partial charge in [0, 0.05) is 23.3 Å². The predicted octanol–water partition coefficient (Wildman–Crippen LogP) is 1.72. The van der Waals surface area contributed by atoms with Crippen LogP contribution in [0.25, 0.3) is 22.2 Å². The van der Waals surface area contributed by atoms with Crippen molar-refractivity contribution in [2.24, 2.45) is 0 Å². The molecule has 0 unspecified atom stereocenters. The summed E-state index contributed by atoms with van der Waals surface area (Å²) in [4.78, 5) is 12.5. The molecule has 3 N–H and O–H groups in total. The van der Waals surface area contributed by atoms with Gasteiger partial charge in [0.05, 0.1) is 23.5 Å². The minimum absolute atomic E-state index is 0.176. The second-order valence-electron chi connectivity index (χ2n) is 6.02. The van der Waals surface area contributed by atoms with Crippen molar-refractivity contribution in [3.05, 3.63) is 36.4 Å². The first-order chi connectivity index (χ1) is 11.9. The molecule has 0 saturated heterocycles. The summed E-state index contributed by atoms with van der Waals surface area (Å²) in [7, 11) is 0. The van der Waals surface area contributed by atoms with E-state index in [1.165, 1.54) is 0 Å². The molecule has 0 saturated carbocycles. The summed E-state index contributed by atoms with van der Waals surface area (Å²) in [5.74, 6) is 5.78. The number of aromatic nitrogens is 4. The summed E-state index contributed by atoms with van der Waals surface area (Å²) < 4.78 is 1.79. The highest BCUT2D eigenvalue weighted by Gasteiger charge is 2.13. The monoisotopic (exact) mass is 332 g/mol. The molecule has 3 rings (SSSR count). The van der Waals surface area contributed by atoms with Gasteiger partial charge in [0.25, 0.3) is 0 Å². The highest BCUT2D eigenvalue weighted by atomic mass is 16.3. The fraction of sp³-hybridized carbons (Fsp3) is 0.222. The lowest BCUT2D eigenvalue weighted by atomic mass is 10.1. The van der Waals surface area contributed by atoms with Crippen molar-refractivity contribution in [2.45, 2.75) is 26.0 Å². The molecule has 0 amide bonds. The van der Waals surface area contributed by atoms with E-state index in [1.54, 1.807) is 36.9 Å². The molecule has 3 aromatic heterocycles. The summed E-state index contributed by atoms with van der Waals surface area (Å²) in [6.07, 6.45) is 5.08. The lowest BCUT2D eigenvalue weighted by molar-refractivity contribution is 0.143. The number of hydrogen-bond donors (Lipinski definition) is 2. The third kappa shape index (κ3) is 3.57. The summed E-state index contributed by atoms with van der Waals surface area (Å²) in [6, 6.07) is 5.70. The van der Waals surface area contributed by atoms with Gasteiger partial charge >= 0.3 is 0 Å². The standard InChI is InChI=1S/C18H16N6O/c1-18(2,25)5-3-12-9-13-14(15-4-7-21-17(20)23-15)11-24(8-6-19)16(13)10-22-12/h4,7,9-11,25H,8H2,1-2H3,(H2,20,21,23). The molecule has 0 aliphatic carbocycles. The molecule has 0 aliphatic rings. The average molecular weight is 332 g/mol. The van der Waals surface area contributed by atoms with Crippen LogP contribution in [0, 0.1) is 23.2 Å². The molecular weight excluding hydrogens is 316 g/mol. The highest BCUT2D eigenvalue weighted by molar-refractivity contribution is 5.95. The van der Waals surface area contributed by atoms with E-state index in [4.69, 9.17) is 11.0 Å². The number of fused-ring (bicyclic) bond motifs is 1. The summed E-state index contributed by atoms with van der Waals surface area (Å²) in [5, 5.41) is 19.7. The quantitative estimate of drug-likeness (QED) is 0.691. The van der Waals surface area contributed by atoms with Crippen molar-refractivity contribution < 1.29 is 5.11 Å². The number of rotatable bonds is 2. The molecule has 0 fully saturated rings. The number of nitrogens with zero attached hydrogens (tertiary/aromatic N) is 5. The second kappa shape index (κ2) is 6.23. The van der Waals surface area contributed by atoms with Crippen LogP contribution in [0.15, 0.2) is 30.7 Å². The summed E-state index contributed by atoms with van der Waals surface area (Å²) in [6.45, 7) is 3.40. The van der Waals surface area contributed by atoms with Crippen molar-refractivity contribution >= 4 is 16.9 Å². The van der Waals surface area contributed by atoms with E-state index < -0.39 is 5.60 Å². The van der Waals surface area contributed by atoms with Crippen LogP contribution in [0.1, 0.15) is 19.5 Å². The lowest BCUT2D eigenvalue weighted by Crippen LogP contribution is -2.14. The van der Waals surface area contributed by atoms with Gasteiger partial charge in [0.15, 0.2) is 0 Å². The Balaban J connectivity index is 2.21. The minimum Gasteiger partial charge on any atom is -0.378 e. The number of hydrogen-bond acceptors (Lipinski definition) is 6. The zero-order valence-electron chi connectivity index (χ0n) is 13.9. The van der Waals surface area contributed by atoms with Crippen LogP contribution in [-0.4, -0.2) is 30.2 Å². The van der Waals surface area contributed by atoms with E-state index in [2.05, 4.69) is 32.9 Å². The Morgan fingerprint density at radius 2 is 2.16 bits per heavy atom. The van der Waals surface area contributed by atoms with E-state index in [9.17, 15) is 5.11 Å². The molecule has 0 spiro atoms. The first-order valence-electron chi connectivity index (χ1n) is 7.58. The first kappa shape index (κ1) is 16.4. The molecule has 7 nitrogen and oxygen atoms in total. The summed E-state index contributed by atoms with van der Waals surface area (Å²) in [5.41, 5.74) is 7.37. The van der Waals surface area contributed by atoms with Gasteiger partial charge in [-0.3, -0.25) is 0 Å². The molecule has 0 aliphatic heterocycles. The largest absolute Gasteiger partial charge is 0.378 e. The fourth-order valence-electron chi connectivity index (χ4n) is 2.41. The Morgan fingerprint density at radius 1 is 1.36 bits per heavy atom. The maximum absolute atomic E-state index is 9.76. The SMILES string of the molecule is CC(C)(O)C#Cc1cc2c(-c3ccnc(N)n3)cn(CC#N)c2cn1. The fourth-order valence-corrected chi connectivity index (χ4v) is 2.41. The Labute approximate surface area is 144 Å². The maximum atomic E-state index is 9.76. The van der Waals surface area contributed by atoms with Gasteiger partial charge < -0.3 is 15.4 Å². The van der Waals surface area contributed by atoms with Gasteiger partial charge in [-0.25, -0.2) is 15.0 Å². The Bertz CT molecular complexity index is 1040. The molecular formula is C18H16N6O. The van der Waals surface area contributed by atoms with E-state index in [0.29, 0.717) is 11.4 Å². The van der Waals surface area contributed by atoms with Crippen molar-refractivity contribution in [2.75, 3.05) is 5.73 Å². The highest BCUT2D eigenvalue weighted by Crippen LogP contribution is 2.29. The van der Waals surface area contributed by atoms with Crippen LogP contribution in [0.3, 0.4) is 0 Å². The molecule has 0 radical (unpaired) electrons. The molecule has 7 heteroatoms. The third-order valence-electron chi connectivity index (χ3n) is 3.46. The van der Waals surface area contributed by atoms with Crippen molar-refractivity contribution in [1.82, 2.24) is 19.5 Å². The van der Waals surface area contributed by atoms with Gasteiger partial charge in [-0.2, -0.15) is 5.26 Å². The van der Waals surface area contributed by atoms with Crippen LogP contribution in [0.2, 0.25) is 0 Å². The van der Waals surface area contributed by atoms with Crippen LogP contribution in [0.5, 0.6) is 0 Å². The van der Waals surface area contributed by atoms with Crippen LogP contribution >= 0.6 is 0 Å². The van der Waals surface area contributed by atoms with E-state index >= 15 is 0 Å². The third-order valence-corrected chi connectivity index (χ3v) is 3.46. The Morgan fingerprint density at radius 3 is 2.84 bits per heavy atom. The topological polar surface area (TPSA) is 114 Å². The van der Waals surface area contributed by atoms with Crippen LogP contribution < -0.4 is 5.73 Å². The van der Waals surface area contributed by atoms with Crippen molar-refractivity contribution in [3.8, 4) is 29.2 Å². The average Bonchev–Trinajstić information content (AvgIpc) is 2.91. The van der Waals surface area contributed by atoms with Crippen molar-refractivity contribution in [1.29, 1.82) is 5.26 Å². The predicted molar refractivity (Wildman–Crippen MR) is 94.0 cm³/mol. The number of nitriles is 1. The van der Waals surface area contributed by atoms with Crippen molar-refractivity contribution in [3.63, 3.8) is 0 Å². The second-order valence-corrected chi connectivity index (χ2v) is 6.02. The number of anilines is 1. The molecule has 0 aromatic carbocycles. The Kier molecular flexibility index (Phi) is 4.10. The normalized spacial score (nSPS) is 11.0. The van der Waals surface area contributed by atoms with E-state index in [0.717, 1.165) is 16.5 Å². The van der Waals surface area contributed by atoms with E-state index in [1.807, 2.05) is 12.3 Å². The number of pyridine rings is 1. The zero-order valence-corrected chi connectivity index (χ0v) is 13.9. The molecule has 124 valence electrons. The van der Waals surface area contributed by atoms with Gasteiger partial charge in [0.1, 0.15) is 17.8 Å². The van der Waals surface area contributed by atoms with Crippen LogP contribution in [-0.2, 0) is 6.54 Å². The molecule has 25 heavy (non-hydrogen) atoms. The minimum atomic E-state index is -1.10. The van der Waals surface area contributed by atoms with Crippen LogP contribution in [0.4, 0.5) is 5.95 Å². The van der Waals surface area contributed by atoms with Gasteiger partial charge in [-0.15, -0.1) is 0 Å². The molecule has 0 bridgehead atoms. The van der Waals surface area contributed by atoms with Gasteiger partial charge in [-0.05, 0) is 31.9 Å². The Hall–Kier alpha value is -3.42. The number of nitrogens with two attached hydrogens (primary N) is 1. The summed E-state index contributed by atoms with van der Waals surface area (Å²) >= 11 is 0. The maximum Gasteiger partial charge on any atom is 0.220 e. The smallest absolute Gasteiger partial charge is 0.220 e. The van der Waals surface area contributed by atoms with Gasteiger partial charge in [-0.1, -0.05) is 5.92 Å². The van der Waals surface area contributed by atoms with Gasteiger partial charge in [0.2, 0.25) is 5.95 Å². The number of aliphatic hydroxyl groups is 1. The zero-order chi connectivity index (χ0) is 18.0. The first-order valence-corrected chi connectivity index (χ1v) is 7.58. The molecule has 0 atom stereocenters. The molecule has 3 aromatic rings. The van der Waals surface area contributed by atoms with E-state index in [-0.39, 0.29) is 12.5 Å². The number of nitrogen functional groups attached to an aromatic ring is 1.